The van der Waals surface area contributed by atoms with E-state index in [9.17, 15) is 14.4 Å². The molecule has 1 aliphatic rings. The van der Waals surface area contributed by atoms with Gasteiger partial charge >= 0.3 is 5.97 Å². The van der Waals surface area contributed by atoms with Gasteiger partial charge in [-0.05, 0) is 18.4 Å². The summed E-state index contributed by atoms with van der Waals surface area (Å²) in [5.41, 5.74) is 0.965. The van der Waals surface area contributed by atoms with E-state index >= 15 is 0 Å². The summed E-state index contributed by atoms with van der Waals surface area (Å²) in [7, 11) is 1.31. The summed E-state index contributed by atoms with van der Waals surface area (Å²) in [6.45, 7) is 0. The lowest BCUT2D eigenvalue weighted by atomic mass is 10.0. The molecule has 1 aromatic carbocycles. The maximum absolute atomic E-state index is 11.9. The number of hydrogen-bond acceptors (Lipinski definition) is 5. The van der Waals surface area contributed by atoms with Crippen molar-refractivity contribution < 1.29 is 19.1 Å². The number of rotatable bonds is 5. The standard InChI is InChI=1S/C15H18N2O4/c1-21-15(20)12(9-10-5-3-2-4-6-10)16-11-7-8-13(18)17-14(11)19/h2-6,11-12,16H,7-9H2,1H3,(H,17,18,19)/t11-,12-/m0/s1. The number of nitrogens with one attached hydrogen (secondary N) is 2. The summed E-state index contributed by atoms with van der Waals surface area (Å²) in [5, 5.41) is 5.25. The van der Waals surface area contributed by atoms with Crippen LogP contribution in [0.5, 0.6) is 0 Å². The van der Waals surface area contributed by atoms with E-state index in [-0.39, 0.29) is 12.3 Å². The number of amides is 2. The number of imide groups is 1. The molecule has 1 aliphatic heterocycles. The zero-order valence-corrected chi connectivity index (χ0v) is 11.8. The van der Waals surface area contributed by atoms with Crippen LogP contribution in [0.1, 0.15) is 18.4 Å². The second-order valence-corrected chi connectivity index (χ2v) is 4.94. The molecule has 0 aromatic heterocycles. The molecule has 0 unspecified atom stereocenters. The van der Waals surface area contributed by atoms with Crippen LogP contribution in [0.25, 0.3) is 0 Å². The molecule has 21 heavy (non-hydrogen) atoms. The molecular formula is C15H18N2O4. The Morgan fingerprint density at radius 3 is 2.71 bits per heavy atom. The number of methoxy groups -OCH3 is 1. The summed E-state index contributed by atoms with van der Waals surface area (Å²) in [6.07, 6.45) is 1.07. The van der Waals surface area contributed by atoms with E-state index in [0.29, 0.717) is 12.8 Å². The molecule has 2 amide bonds. The second kappa shape index (κ2) is 6.99. The average Bonchev–Trinajstić information content (AvgIpc) is 2.49. The largest absolute Gasteiger partial charge is 0.468 e. The quantitative estimate of drug-likeness (QED) is 0.596. The van der Waals surface area contributed by atoms with Crippen molar-refractivity contribution in [1.82, 2.24) is 10.6 Å². The minimum absolute atomic E-state index is 0.267. The van der Waals surface area contributed by atoms with E-state index in [2.05, 4.69) is 10.6 Å². The molecular weight excluding hydrogens is 272 g/mol. The average molecular weight is 290 g/mol. The Morgan fingerprint density at radius 1 is 1.38 bits per heavy atom. The highest BCUT2D eigenvalue weighted by molar-refractivity contribution is 6.00. The molecule has 0 saturated carbocycles. The lowest BCUT2D eigenvalue weighted by Gasteiger charge is -2.26. The predicted molar refractivity (Wildman–Crippen MR) is 75.3 cm³/mol. The fourth-order valence-electron chi connectivity index (χ4n) is 2.30. The topological polar surface area (TPSA) is 84.5 Å². The normalized spacial score (nSPS) is 19.8. The Morgan fingerprint density at radius 2 is 2.10 bits per heavy atom. The van der Waals surface area contributed by atoms with Crippen LogP contribution in [0.15, 0.2) is 30.3 Å². The van der Waals surface area contributed by atoms with Gasteiger partial charge in [-0.25, -0.2) is 0 Å². The zero-order valence-electron chi connectivity index (χ0n) is 11.8. The van der Waals surface area contributed by atoms with Gasteiger partial charge in [-0.2, -0.15) is 0 Å². The van der Waals surface area contributed by atoms with Crippen LogP contribution in [0, 0.1) is 0 Å². The highest BCUT2D eigenvalue weighted by atomic mass is 16.5. The van der Waals surface area contributed by atoms with Crippen LogP contribution < -0.4 is 10.6 Å². The second-order valence-electron chi connectivity index (χ2n) is 4.94. The summed E-state index contributed by atoms with van der Waals surface area (Å²) in [4.78, 5) is 34.8. The van der Waals surface area contributed by atoms with E-state index in [0.717, 1.165) is 5.56 Å². The minimum Gasteiger partial charge on any atom is -0.468 e. The van der Waals surface area contributed by atoms with Gasteiger partial charge in [0, 0.05) is 6.42 Å². The van der Waals surface area contributed by atoms with Crippen LogP contribution in [-0.4, -0.2) is 37.0 Å². The number of hydrogen-bond donors (Lipinski definition) is 2. The van der Waals surface area contributed by atoms with Gasteiger partial charge in [0.15, 0.2) is 0 Å². The fourth-order valence-corrected chi connectivity index (χ4v) is 2.30. The third-order valence-corrected chi connectivity index (χ3v) is 3.41. The summed E-state index contributed by atoms with van der Waals surface area (Å²) in [6, 6.07) is 8.29. The van der Waals surface area contributed by atoms with Crippen molar-refractivity contribution in [2.75, 3.05) is 7.11 Å². The van der Waals surface area contributed by atoms with Gasteiger partial charge in [-0.3, -0.25) is 25.0 Å². The number of esters is 1. The Labute approximate surface area is 122 Å². The SMILES string of the molecule is COC(=O)[C@H](Cc1ccccc1)N[C@H]1CCC(=O)NC1=O. The molecule has 1 heterocycles. The van der Waals surface area contributed by atoms with Crippen molar-refractivity contribution in [2.24, 2.45) is 0 Å². The summed E-state index contributed by atoms with van der Waals surface area (Å²) < 4.78 is 4.78. The van der Waals surface area contributed by atoms with E-state index < -0.39 is 24.0 Å². The Balaban J connectivity index is 2.04. The minimum atomic E-state index is -0.624. The number of carbonyl (C=O) groups is 3. The smallest absolute Gasteiger partial charge is 0.323 e. The Bertz CT molecular complexity index is 530. The van der Waals surface area contributed by atoms with E-state index in [4.69, 9.17) is 4.74 Å². The molecule has 0 aliphatic carbocycles. The third kappa shape index (κ3) is 4.13. The fraction of sp³-hybridized carbons (Fsp3) is 0.400. The van der Waals surface area contributed by atoms with Crippen molar-refractivity contribution in [3.63, 3.8) is 0 Å². The lowest BCUT2D eigenvalue weighted by Crippen LogP contribution is -2.55. The van der Waals surface area contributed by atoms with Gasteiger partial charge in [0.2, 0.25) is 11.8 Å². The zero-order chi connectivity index (χ0) is 15.2. The van der Waals surface area contributed by atoms with Crippen LogP contribution in [0.2, 0.25) is 0 Å². The van der Waals surface area contributed by atoms with E-state index in [1.54, 1.807) is 0 Å². The van der Waals surface area contributed by atoms with Crippen molar-refractivity contribution in [3.8, 4) is 0 Å². The van der Waals surface area contributed by atoms with Crippen LogP contribution in [-0.2, 0) is 25.5 Å². The number of piperidine rings is 1. The highest BCUT2D eigenvalue weighted by Gasteiger charge is 2.31. The van der Waals surface area contributed by atoms with Gasteiger partial charge in [0.05, 0.1) is 13.2 Å². The molecule has 1 fully saturated rings. The molecule has 2 rings (SSSR count). The molecule has 2 atom stereocenters. The van der Waals surface area contributed by atoms with Crippen LogP contribution in [0.4, 0.5) is 0 Å². The molecule has 6 nitrogen and oxygen atoms in total. The molecule has 0 spiro atoms. The van der Waals surface area contributed by atoms with Crippen molar-refractivity contribution in [1.29, 1.82) is 0 Å². The monoisotopic (exact) mass is 290 g/mol. The van der Waals surface area contributed by atoms with Crippen molar-refractivity contribution >= 4 is 17.8 Å². The first kappa shape index (κ1) is 15.2. The first-order valence-corrected chi connectivity index (χ1v) is 6.81. The van der Waals surface area contributed by atoms with Crippen molar-refractivity contribution in [2.45, 2.75) is 31.3 Å². The molecule has 0 radical (unpaired) electrons. The number of ether oxygens (including phenoxy) is 1. The van der Waals surface area contributed by atoms with E-state index in [1.165, 1.54) is 7.11 Å². The molecule has 2 N–H and O–H groups in total. The van der Waals surface area contributed by atoms with Gasteiger partial charge in [-0.1, -0.05) is 30.3 Å². The number of benzene rings is 1. The van der Waals surface area contributed by atoms with Gasteiger partial charge in [-0.15, -0.1) is 0 Å². The van der Waals surface area contributed by atoms with E-state index in [1.807, 2.05) is 30.3 Å². The maximum Gasteiger partial charge on any atom is 0.323 e. The summed E-state index contributed by atoms with van der Waals surface area (Å²) in [5.74, 6) is -1.10. The molecule has 112 valence electrons. The van der Waals surface area contributed by atoms with Gasteiger partial charge in [0.1, 0.15) is 6.04 Å². The molecule has 0 bridgehead atoms. The Hall–Kier alpha value is -2.21. The summed E-state index contributed by atoms with van der Waals surface area (Å²) >= 11 is 0. The molecule has 1 saturated heterocycles. The highest BCUT2D eigenvalue weighted by Crippen LogP contribution is 2.09. The number of carbonyl (C=O) groups excluding carboxylic acids is 3. The maximum atomic E-state index is 11.9. The van der Waals surface area contributed by atoms with Crippen LogP contribution in [0.3, 0.4) is 0 Å². The molecule has 1 aromatic rings. The van der Waals surface area contributed by atoms with Crippen molar-refractivity contribution in [3.05, 3.63) is 35.9 Å². The van der Waals surface area contributed by atoms with Gasteiger partial charge in [0.25, 0.3) is 0 Å². The van der Waals surface area contributed by atoms with Gasteiger partial charge < -0.3 is 4.74 Å². The van der Waals surface area contributed by atoms with Crippen LogP contribution >= 0.6 is 0 Å². The first-order chi connectivity index (χ1) is 10.1. The first-order valence-electron chi connectivity index (χ1n) is 6.81. The predicted octanol–water partition coefficient (Wildman–Crippen LogP) is 0.165. The Kier molecular flexibility index (Phi) is 5.05. The lowest BCUT2D eigenvalue weighted by molar-refractivity contribution is -0.143. The third-order valence-electron chi connectivity index (χ3n) is 3.41. The molecule has 6 heteroatoms.